The van der Waals surface area contributed by atoms with Gasteiger partial charge in [-0.25, -0.2) is 0 Å². The molecule has 0 unspecified atom stereocenters. The third kappa shape index (κ3) is 6.09. The highest BCUT2D eigenvalue weighted by atomic mass is 16.5. The Kier molecular flexibility index (Phi) is 7.43. The Labute approximate surface area is 154 Å². The average Bonchev–Trinajstić information content (AvgIpc) is 2.67. The molecular weight excluding hydrogens is 328 g/mol. The van der Waals surface area contributed by atoms with E-state index in [4.69, 9.17) is 4.74 Å². The van der Waals surface area contributed by atoms with Crippen LogP contribution < -0.4 is 15.4 Å². The first-order valence-corrected chi connectivity index (χ1v) is 8.63. The third-order valence-corrected chi connectivity index (χ3v) is 3.77. The van der Waals surface area contributed by atoms with Crippen LogP contribution in [0.2, 0.25) is 0 Å². The normalized spacial score (nSPS) is 10.5. The maximum Gasteiger partial charge on any atom is 0.251 e. The number of nitrogens with one attached hydrogen (secondary N) is 2. The molecular formula is C21H24N2O3. The number of carbonyl (C=O) groups is 2. The monoisotopic (exact) mass is 352 g/mol. The molecule has 0 spiro atoms. The van der Waals surface area contributed by atoms with Crippen LogP contribution in [0.25, 0.3) is 6.08 Å². The fourth-order valence-electron chi connectivity index (χ4n) is 2.26. The highest BCUT2D eigenvalue weighted by molar-refractivity contribution is 6.02. The standard InChI is InChI=1S/C21H24N2O3/c1-3-4-15-22-21(25)17-8-10-18(11-9-17)23-20(24)14-7-16-5-12-19(26-2)13-6-16/h5-14H,3-4,15H2,1-2H3,(H,22,25)(H,23,24)/b14-7+. The molecule has 5 nitrogen and oxygen atoms in total. The average molecular weight is 352 g/mol. The van der Waals surface area contributed by atoms with E-state index in [0.717, 1.165) is 24.2 Å². The lowest BCUT2D eigenvalue weighted by atomic mass is 10.2. The molecule has 136 valence electrons. The Balaban J connectivity index is 1.88. The lowest BCUT2D eigenvalue weighted by molar-refractivity contribution is -0.111. The molecule has 2 amide bonds. The van der Waals surface area contributed by atoms with E-state index in [1.807, 2.05) is 24.3 Å². The molecule has 0 saturated heterocycles. The zero-order valence-electron chi connectivity index (χ0n) is 15.1. The van der Waals surface area contributed by atoms with E-state index < -0.39 is 0 Å². The minimum Gasteiger partial charge on any atom is -0.497 e. The van der Waals surface area contributed by atoms with E-state index in [9.17, 15) is 9.59 Å². The van der Waals surface area contributed by atoms with Crippen molar-refractivity contribution < 1.29 is 14.3 Å². The van der Waals surface area contributed by atoms with Gasteiger partial charge in [-0.15, -0.1) is 0 Å². The molecule has 2 N–H and O–H groups in total. The van der Waals surface area contributed by atoms with Gasteiger partial charge in [0, 0.05) is 23.9 Å². The van der Waals surface area contributed by atoms with Crippen molar-refractivity contribution in [3.8, 4) is 5.75 Å². The maximum absolute atomic E-state index is 12.0. The number of amides is 2. The Morgan fingerprint density at radius 2 is 1.73 bits per heavy atom. The molecule has 5 heteroatoms. The van der Waals surface area contributed by atoms with Gasteiger partial charge in [-0.05, 0) is 54.5 Å². The summed E-state index contributed by atoms with van der Waals surface area (Å²) in [5.74, 6) is 0.433. The lowest BCUT2D eigenvalue weighted by Gasteiger charge is -2.06. The fourth-order valence-corrected chi connectivity index (χ4v) is 2.26. The number of benzene rings is 2. The maximum atomic E-state index is 12.0. The van der Waals surface area contributed by atoms with Gasteiger partial charge in [-0.2, -0.15) is 0 Å². The summed E-state index contributed by atoms with van der Waals surface area (Å²) in [4.78, 5) is 23.9. The van der Waals surface area contributed by atoms with E-state index >= 15 is 0 Å². The minimum atomic E-state index is -0.235. The summed E-state index contributed by atoms with van der Waals surface area (Å²) >= 11 is 0. The van der Waals surface area contributed by atoms with Crippen LogP contribution >= 0.6 is 0 Å². The van der Waals surface area contributed by atoms with E-state index in [1.54, 1.807) is 37.5 Å². The quantitative estimate of drug-likeness (QED) is 0.560. The number of hydrogen-bond acceptors (Lipinski definition) is 3. The molecule has 2 rings (SSSR count). The van der Waals surface area contributed by atoms with E-state index in [1.165, 1.54) is 6.08 Å². The van der Waals surface area contributed by atoms with Crippen molar-refractivity contribution in [3.63, 3.8) is 0 Å². The number of carbonyl (C=O) groups excluding carboxylic acids is 2. The molecule has 0 heterocycles. The third-order valence-electron chi connectivity index (χ3n) is 3.77. The fraction of sp³-hybridized carbons (Fsp3) is 0.238. The van der Waals surface area contributed by atoms with Crippen LogP contribution in [-0.4, -0.2) is 25.5 Å². The predicted octanol–water partition coefficient (Wildman–Crippen LogP) is 3.88. The van der Waals surface area contributed by atoms with Crippen molar-refractivity contribution in [2.75, 3.05) is 19.0 Å². The minimum absolute atomic E-state index is 0.101. The first-order chi connectivity index (χ1) is 12.6. The molecule has 2 aromatic carbocycles. The Morgan fingerprint density at radius 3 is 2.35 bits per heavy atom. The largest absolute Gasteiger partial charge is 0.497 e. The zero-order valence-corrected chi connectivity index (χ0v) is 15.1. The first kappa shape index (κ1) is 19.2. The SMILES string of the molecule is CCCCNC(=O)c1ccc(NC(=O)/C=C/c2ccc(OC)cc2)cc1. The van der Waals surface area contributed by atoms with Gasteiger partial charge in [0.05, 0.1) is 7.11 Å². The number of unbranched alkanes of at least 4 members (excludes halogenated alkanes) is 1. The van der Waals surface area contributed by atoms with Crippen molar-refractivity contribution in [1.29, 1.82) is 0 Å². The van der Waals surface area contributed by atoms with Crippen molar-refractivity contribution in [2.45, 2.75) is 19.8 Å². The topological polar surface area (TPSA) is 67.4 Å². The van der Waals surface area contributed by atoms with E-state index in [-0.39, 0.29) is 11.8 Å². The Morgan fingerprint density at radius 1 is 1.04 bits per heavy atom. The van der Waals surface area contributed by atoms with E-state index in [0.29, 0.717) is 17.8 Å². The van der Waals surface area contributed by atoms with Crippen molar-refractivity contribution in [3.05, 3.63) is 65.7 Å². The highest BCUT2D eigenvalue weighted by Crippen LogP contribution is 2.13. The number of methoxy groups -OCH3 is 1. The molecule has 0 saturated carbocycles. The van der Waals surface area contributed by atoms with Crippen LogP contribution in [0.5, 0.6) is 5.75 Å². The molecule has 26 heavy (non-hydrogen) atoms. The molecule has 0 aliphatic rings. The molecule has 0 atom stereocenters. The molecule has 0 fully saturated rings. The van der Waals surface area contributed by atoms with Crippen LogP contribution in [0.15, 0.2) is 54.6 Å². The van der Waals surface area contributed by atoms with Gasteiger partial charge in [-0.3, -0.25) is 9.59 Å². The first-order valence-electron chi connectivity index (χ1n) is 8.63. The number of ether oxygens (including phenoxy) is 1. The molecule has 0 aromatic heterocycles. The number of rotatable bonds is 8. The Bertz CT molecular complexity index is 750. The summed E-state index contributed by atoms with van der Waals surface area (Å²) in [5.41, 5.74) is 2.12. The van der Waals surface area contributed by atoms with Crippen molar-refractivity contribution >= 4 is 23.6 Å². The number of anilines is 1. The Hall–Kier alpha value is -3.08. The smallest absolute Gasteiger partial charge is 0.251 e. The van der Waals surface area contributed by atoms with Gasteiger partial charge < -0.3 is 15.4 Å². The molecule has 0 radical (unpaired) electrons. The van der Waals surface area contributed by atoms with Crippen LogP contribution in [0.4, 0.5) is 5.69 Å². The van der Waals surface area contributed by atoms with Gasteiger partial charge in [0.25, 0.3) is 5.91 Å². The second kappa shape index (κ2) is 10.0. The van der Waals surface area contributed by atoms with Crippen molar-refractivity contribution in [1.82, 2.24) is 5.32 Å². The van der Waals surface area contributed by atoms with Gasteiger partial charge in [-0.1, -0.05) is 25.5 Å². The van der Waals surface area contributed by atoms with Crippen molar-refractivity contribution in [2.24, 2.45) is 0 Å². The van der Waals surface area contributed by atoms with E-state index in [2.05, 4.69) is 17.6 Å². The summed E-state index contributed by atoms with van der Waals surface area (Å²) in [5, 5.41) is 5.63. The van der Waals surface area contributed by atoms with Gasteiger partial charge in [0.2, 0.25) is 5.91 Å². The van der Waals surface area contributed by atoms with Gasteiger partial charge in [0.15, 0.2) is 0 Å². The summed E-state index contributed by atoms with van der Waals surface area (Å²) < 4.78 is 5.10. The molecule has 0 aliphatic carbocycles. The zero-order chi connectivity index (χ0) is 18.8. The van der Waals surface area contributed by atoms with Crippen LogP contribution in [-0.2, 0) is 4.79 Å². The van der Waals surface area contributed by atoms with Gasteiger partial charge in [0.1, 0.15) is 5.75 Å². The molecule has 0 aliphatic heterocycles. The van der Waals surface area contributed by atoms with Crippen LogP contribution in [0, 0.1) is 0 Å². The number of hydrogen-bond donors (Lipinski definition) is 2. The van der Waals surface area contributed by atoms with Gasteiger partial charge >= 0.3 is 0 Å². The van der Waals surface area contributed by atoms with Crippen LogP contribution in [0.3, 0.4) is 0 Å². The highest BCUT2D eigenvalue weighted by Gasteiger charge is 2.05. The predicted molar refractivity (Wildman–Crippen MR) is 104 cm³/mol. The summed E-state index contributed by atoms with van der Waals surface area (Å²) in [6.07, 6.45) is 5.19. The summed E-state index contributed by atoms with van der Waals surface area (Å²) in [7, 11) is 1.61. The summed E-state index contributed by atoms with van der Waals surface area (Å²) in [6, 6.07) is 14.2. The second-order valence-corrected chi connectivity index (χ2v) is 5.78. The second-order valence-electron chi connectivity index (χ2n) is 5.78. The molecule has 2 aromatic rings. The van der Waals surface area contributed by atoms with Crippen LogP contribution in [0.1, 0.15) is 35.7 Å². The lowest BCUT2D eigenvalue weighted by Crippen LogP contribution is -2.24. The summed E-state index contributed by atoms with van der Waals surface area (Å²) in [6.45, 7) is 2.75. The molecule has 0 bridgehead atoms.